The second-order valence-corrected chi connectivity index (χ2v) is 8.80. The molecule has 24 heavy (non-hydrogen) atoms. The highest BCUT2D eigenvalue weighted by Gasteiger charge is 2.59. The first kappa shape index (κ1) is 16.2. The summed E-state index contributed by atoms with van der Waals surface area (Å²) in [4.78, 5) is 0. The normalized spacial score (nSPS) is 34.5. The van der Waals surface area contributed by atoms with Crippen LogP contribution in [0, 0.1) is 11.3 Å². The topological polar surface area (TPSA) is 69.9 Å². The summed E-state index contributed by atoms with van der Waals surface area (Å²) in [5, 5.41) is 31.0. The van der Waals surface area contributed by atoms with E-state index in [1.54, 1.807) is 0 Å². The van der Waals surface area contributed by atoms with Crippen LogP contribution in [0.4, 0.5) is 0 Å². The molecule has 1 saturated carbocycles. The van der Waals surface area contributed by atoms with Gasteiger partial charge in [-0.05, 0) is 42.2 Å². The molecule has 2 bridgehead atoms. The summed E-state index contributed by atoms with van der Waals surface area (Å²) in [5.74, 6) is 0.229. The van der Waals surface area contributed by atoms with E-state index in [4.69, 9.17) is 4.74 Å². The first-order valence-electron chi connectivity index (χ1n) is 9.13. The minimum Gasteiger partial charge on any atom is -0.504 e. The van der Waals surface area contributed by atoms with E-state index in [9.17, 15) is 15.3 Å². The van der Waals surface area contributed by atoms with E-state index in [2.05, 4.69) is 13.8 Å². The van der Waals surface area contributed by atoms with Gasteiger partial charge >= 0.3 is 0 Å². The van der Waals surface area contributed by atoms with E-state index in [1.165, 1.54) is 6.42 Å². The van der Waals surface area contributed by atoms with Crippen molar-refractivity contribution in [3.8, 4) is 11.5 Å². The molecule has 2 aliphatic heterocycles. The van der Waals surface area contributed by atoms with Crippen molar-refractivity contribution in [1.29, 1.82) is 0 Å². The van der Waals surface area contributed by atoms with Crippen LogP contribution in [0.25, 0.3) is 0 Å². The Labute approximate surface area is 143 Å². The maximum atomic E-state index is 10.9. The summed E-state index contributed by atoms with van der Waals surface area (Å²) < 4.78 is 6.16. The van der Waals surface area contributed by atoms with Gasteiger partial charge in [-0.1, -0.05) is 27.2 Å². The molecule has 4 aliphatic rings. The molecule has 2 fully saturated rings. The van der Waals surface area contributed by atoms with Gasteiger partial charge in [0.05, 0.1) is 12.7 Å². The second kappa shape index (κ2) is 5.12. The van der Waals surface area contributed by atoms with Crippen LogP contribution in [0.2, 0.25) is 0 Å². The van der Waals surface area contributed by atoms with E-state index >= 15 is 0 Å². The largest absolute Gasteiger partial charge is 0.504 e. The highest BCUT2D eigenvalue weighted by atomic mass is 16.5. The van der Waals surface area contributed by atoms with Gasteiger partial charge in [-0.15, -0.1) is 0 Å². The highest BCUT2D eigenvalue weighted by molar-refractivity contribution is 5.61. The molecule has 4 nitrogen and oxygen atoms in total. The summed E-state index contributed by atoms with van der Waals surface area (Å²) in [6.07, 6.45) is 4.29. The number of aromatic hydroxyl groups is 2. The van der Waals surface area contributed by atoms with E-state index < -0.39 is 0 Å². The van der Waals surface area contributed by atoms with E-state index in [1.807, 2.05) is 13.0 Å². The molecule has 4 atom stereocenters. The van der Waals surface area contributed by atoms with Crippen molar-refractivity contribution >= 4 is 0 Å². The molecule has 1 spiro atoms. The summed E-state index contributed by atoms with van der Waals surface area (Å²) in [6, 6.07) is 1.97. The lowest BCUT2D eigenvalue weighted by molar-refractivity contribution is -0.137. The quantitative estimate of drug-likeness (QED) is 0.722. The summed E-state index contributed by atoms with van der Waals surface area (Å²) in [5.41, 5.74) is 2.61. The molecule has 2 heterocycles. The van der Waals surface area contributed by atoms with Crippen molar-refractivity contribution in [3.05, 3.63) is 22.8 Å². The molecular formula is C20H28O4. The van der Waals surface area contributed by atoms with E-state index in [0.717, 1.165) is 30.4 Å². The molecule has 5 rings (SSSR count). The lowest BCUT2D eigenvalue weighted by atomic mass is 9.48. The van der Waals surface area contributed by atoms with Crippen LogP contribution in [-0.4, -0.2) is 28.5 Å². The number of hydrogen-bond donors (Lipinski definition) is 3. The van der Waals surface area contributed by atoms with Crippen LogP contribution < -0.4 is 0 Å². The number of aliphatic hydroxyl groups excluding tert-OH is 1. The third-order valence-electron chi connectivity index (χ3n) is 7.03. The zero-order chi connectivity index (χ0) is 17.3. The van der Waals surface area contributed by atoms with Crippen molar-refractivity contribution in [2.45, 2.75) is 63.9 Å². The number of ether oxygens (including phenoxy) is 1. The first-order valence-corrected chi connectivity index (χ1v) is 9.13. The maximum Gasteiger partial charge on any atom is 0.162 e. The molecule has 4 heteroatoms. The van der Waals surface area contributed by atoms with Crippen molar-refractivity contribution in [2.24, 2.45) is 11.3 Å². The van der Waals surface area contributed by atoms with Crippen LogP contribution in [0.1, 0.15) is 75.2 Å². The predicted octanol–water partition coefficient (Wildman–Crippen LogP) is 3.73. The third-order valence-corrected chi connectivity index (χ3v) is 7.03. The van der Waals surface area contributed by atoms with Crippen LogP contribution in [0.5, 0.6) is 11.5 Å². The SMILES string of the molecule is CC(CO)c1cc2c(c(O)c1O)C13CCCC(C)(C)C1CC2OC3. The molecule has 1 saturated heterocycles. The zero-order valence-corrected chi connectivity index (χ0v) is 14.8. The Balaban J connectivity index is 1.94. The summed E-state index contributed by atoms with van der Waals surface area (Å²) in [6.45, 7) is 7.10. The Kier molecular flexibility index (Phi) is 3.46. The molecule has 4 unspecified atom stereocenters. The van der Waals surface area contributed by atoms with E-state index in [0.29, 0.717) is 18.1 Å². The fourth-order valence-corrected chi connectivity index (χ4v) is 5.74. The first-order chi connectivity index (χ1) is 11.3. The zero-order valence-electron chi connectivity index (χ0n) is 14.8. The minimum absolute atomic E-state index is 0.0135. The van der Waals surface area contributed by atoms with Crippen molar-refractivity contribution in [2.75, 3.05) is 13.2 Å². The van der Waals surface area contributed by atoms with Gasteiger partial charge in [0.25, 0.3) is 0 Å². The Bertz CT molecular complexity index is 681. The molecule has 2 aliphatic carbocycles. The number of phenolic OH excluding ortho intramolecular Hbond substituents is 2. The van der Waals surface area contributed by atoms with Gasteiger partial charge in [-0.2, -0.15) is 0 Å². The van der Waals surface area contributed by atoms with Gasteiger partial charge in [0.1, 0.15) is 0 Å². The second-order valence-electron chi connectivity index (χ2n) is 8.80. The smallest absolute Gasteiger partial charge is 0.162 e. The van der Waals surface area contributed by atoms with Gasteiger partial charge in [-0.25, -0.2) is 0 Å². The lowest BCUT2D eigenvalue weighted by Gasteiger charge is -2.60. The van der Waals surface area contributed by atoms with Gasteiger partial charge in [0, 0.05) is 29.1 Å². The lowest BCUT2D eigenvalue weighted by Crippen LogP contribution is -2.57. The Morgan fingerprint density at radius 1 is 1.25 bits per heavy atom. The number of fused-ring (bicyclic) bond motifs is 1. The monoisotopic (exact) mass is 332 g/mol. The summed E-state index contributed by atoms with van der Waals surface area (Å²) in [7, 11) is 0. The fourth-order valence-electron chi connectivity index (χ4n) is 5.74. The molecule has 1 aromatic carbocycles. The number of benzene rings is 1. The number of rotatable bonds is 2. The van der Waals surface area contributed by atoms with Crippen molar-refractivity contribution in [3.63, 3.8) is 0 Å². The average molecular weight is 332 g/mol. The third kappa shape index (κ3) is 1.93. The molecule has 1 aromatic rings. The molecular weight excluding hydrogens is 304 g/mol. The minimum atomic E-state index is -0.210. The Hall–Kier alpha value is -1.26. The van der Waals surface area contributed by atoms with Gasteiger partial charge in [0.2, 0.25) is 0 Å². The maximum absolute atomic E-state index is 10.9. The standard InChI is InChI=1S/C20H28O4/c1-11(9-21)12-7-13-14-8-15-19(2,3)5-4-6-20(15,10-24-14)16(13)18(23)17(12)22/h7,11,14-15,21-23H,4-6,8-10H2,1-3H3. The molecule has 0 aromatic heterocycles. The van der Waals surface area contributed by atoms with E-state index in [-0.39, 0.29) is 41.0 Å². The van der Waals surface area contributed by atoms with Crippen LogP contribution in [0.15, 0.2) is 6.07 Å². The molecule has 3 N–H and O–H groups in total. The average Bonchev–Trinajstić information content (AvgIpc) is 2.56. The molecule has 0 amide bonds. The Morgan fingerprint density at radius 3 is 2.71 bits per heavy atom. The van der Waals surface area contributed by atoms with Crippen LogP contribution in [0.3, 0.4) is 0 Å². The van der Waals surface area contributed by atoms with Crippen molar-refractivity contribution in [1.82, 2.24) is 0 Å². The predicted molar refractivity (Wildman–Crippen MR) is 91.4 cm³/mol. The Morgan fingerprint density at radius 2 is 2.00 bits per heavy atom. The van der Waals surface area contributed by atoms with Gasteiger partial charge in [0.15, 0.2) is 11.5 Å². The van der Waals surface area contributed by atoms with Crippen molar-refractivity contribution < 1.29 is 20.1 Å². The highest BCUT2D eigenvalue weighted by Crippen LogP contribution is 2.65. The molecule has 0 radical (unpaired) electrons. The number of aliphatic hydroxyl groups is 1. The number of hydrogen-bond acceptors (Lipinski definition) is 4. The summed E-state index contributed by atoms with van der Waals surface area (Å²) >= 11 is 0. The fraction of sp³-hybridized carbons (Fsp3) is 0.700. The van der Waals surface area contributed by atoms with Crippen LogP contribution in [-0.2, 0) is 10.2 Å². The molecule has 132 valence electrons. The van der Waals surface area contributed by atoms with Gasteiger partial charge < -0.3 is 20.1 Å². The number of phenols is 2. The van der Waals surface area contributed by atoms with Gasteiger partial charge in [-0.3, -0.25) is 0 Å². The van der Waals surface area contributed by atoms with Crippen LogP contribution >= 0.6 is 0 Å².